The molecule has 0 unspecified atom stereocenters. The van der Waals surface area contributed by atoms with Gasteiger partial charge in [-0.1, -0.05) is 12.1 Å². The van der Waals surface area contributed by atoms with E-state index in [9.17, 15) is 9.59 Å². The summed E-state index contributed by atoms with van der Waals surface area (Å²) in [6, 6.07) is 9.72. The van der Waals surface area contributed by atoms with Crippen LogP contribution in [0.25, 0.3) is 27.7 Å². The van der Waals surface area contributed by atoms with Crippen molar-refractivity contribution in [1.82, 2.24) is 19.3 Å². The monoisotopic (exact) mass is 698 g/mol. The zero-order valence-electron chi connectivity index (χ0n) is 29.0. The van der Waals surface area contributed by atoms with Crippen LogP contribution in [0.3, 0.4) is 0 Å². The number of pyridine rings is 1. The molecule has 51 heavy (non-hydrogen) atoms. The summed E-state index contributed by atoms with van der Waals surface area (Å²) in [7, 11) is 5.31. The van der Waals surface area contributed by atoms with Gasteiger partial charge in [0.05, 0.1) is 48.3 Å². The number of imidazole rings is 1. The Morgan fingerprint density at radius 3 is 2.69 bits per heavy atom. The summed E-state index contributed by atoms with van der Waals surface area (Å²) in [5, 5.41) is 5.49. The van der Waals surface area contributed by atoms with Gasteiger partial charge in [0.25, 0.3) is 0 Å². The van der Waals surface area contributed by atoms with E-state index in [4.69, 9.17) is 19.2 Å². The van der Waals surface area contributed by atoms with Crippen LogP contribution in [0.1, 0.15) is 33.9 Å². The fourth-order valence-corrected chi connectivity index (χ4v) is 7.13. The molecule has 2 aromatic carbocycles. The Labute approximate surface area is 293 Å². The normalized spacial score (nSPS) is 15.8. The lowest BCUT2D eigenvalue weighted by atomic mass is 9.96. The molecule has 2 aliphatic rings. The van der Waals surface area contributed by atoms with Gasteiger partial charge in [0.2, 0.25) is 11.7 Å². The van der Waals surface area contributed by atoms with Gasteiger partial charge in [-0.05, 0) is 49.6 Å². The Morgan fingerprint density at radius 1 is 1.16 bits per heavy atom. The zero-order valence-corrected chi connectivity index (χ0v) is 29.0. The third-order valence-corrected chi connectivity index (χ3v) is 9.66. The van der Waals surface area contributed by atoms with Crippen LogP contribution in [-0.4, -0.2) is 85.9 Å². The summed E-state index contributed by atoms with van der Waals surface area (Å²) in [6.07, 6.45) is 6.04. The molecule has 0 spiro atoms. The Kier molecular flexibility index (Phi) is 9.60. The largest absolute Gasteiger partial charge is 0.496 e. The molecule has 11 nitrogen and oxygen atoms in total. The first-order valence-electron chi connectivity index (χ1n) is 16.9. The van der Waals surface area contributed by atoms with Gasteiger partial charge in [0.15, 0.2) is 0 Å². The molecule has 0 aliphatic carbocycles. The van der Waals surface area contributed by atoms with Crippen LogP contribution in [0.15, 0.2) is 54.7 Å². The van der Waals surface area contributed by atoms with Gasteiger partial charge in [0.1, 0.15) is 34.4 Å². The van der Waals surface area contributed by atoms with Gasteiger partial charge in [-0.15, -0.1) is 0 Å². The summed E-state index contributed by atoms with van der Waals surface area (Å²) in [4.78, 5) is 33.6. The predicted molar refractivity (Wildman–Crippen MR) is 191 cm³/mol. The minimum Gasteiger partial charge on any atom is -0.496 e. The number of ether oxygens (including phenoxy) is 3. The number of carbonyl (C=O) groups is 2. The van der Waals surface area contributed by atoms with Crippen LogP contribution in [0, 0.1) is 18.6 Å². The quantitative estimate of drug-likeness (QED) is 0.141. The molecule has 0 saturated carbocycles. The molecule has 2 aliphatic heterocycles. The highest BCUT2D eigenvalue weighted by atomic mass is 19.1. The summed E-state index contributed by atoms with van der Waals surface area (Å²) in [5.41, 5.74) is 5.51. The fraction of sp³-hybridized carbons (Fsp3) is 0.342. The predicted octanol–water partition coefficient (Wildman–Crippen LogP) is 5.29. The van der Waals surface area contributed by atoms with Crippen molar-refractivity contribution in [3.8, 4) is 16.9 Å². The van der Waals surface area contributed by atoms with Crippen molar-refractivity contribution in [2.45, 2.75) is 32.4 Å². The lowest BCUT2D eigenvalue weighted by Crippen LogP contribution is -2.29. The first-order valence-corrected chi connectivity index (χ1v) is 16.9. The van der Waals surface area contributed by atoms with Crippen molar-refractivity contribution in [3.63, 3.8) is 0 Å². The molecule has 3 aromatic heterocycles. The topological polar surface area (TPSA) is 111 Å². The summed E-state index contributed by atoms with van der Waals surface area (Å²) < 4.78 is 51.2. The highest BCUT2D eigenvalue weighted by molar-refractivity contribution is 6.11. The first-order chi connectivity index (χ1) is 24.7. The number of fused-ring (bicyclic) bond motifs is 4. The van der Waals surface area contributed by atoms with E-state index >= 15 is 8.78 Å². The molecule has 5 aromatic rings. The van der Waals surface area contributed by atoms with E-state index in [-0.39, 0.29) is 17.3 Å². The lowest BCUT2D eigenvalue weighted by Gasteiger charge is -2.27. The summed E-state index contributed by atoms with van der Waals surface area (Å²) in [6.45, 7) is 5.45. The minimum absolute atomic E-state index is 0.179. The molecular formula is C38H40F2N6O5. The molecule has 2 N–H and O–H groups in total. The van der Waals surface area contributed by atoms with E-state index in [1.165, 1.54) is 6.08 Å². The number of likely N-dealkylation sites (N-methyl/N-ethyl adjacent to an activating group) is 1. The number of ketones is 1. The molecule has 1 atom stereocenters. The first kappa shape index (κ1) is 34.3. The third kappa shape index (κ3) is 6.37. The number of methoxy groups -OCH3 is 2. The second-order valence-electron chi connectivity index (χ2n) is 12.8. The van der Waals surface area contributed by atoms with Gasteiger partial charge in [-0.2, -0.15) is 0 Å². The van der Waals surface area contributed by atoms with Gasteiger partial charge in [-0.25, -0.2) is 13.8 Å². The van der Waals surface area contributed by atoms with Gasteiger partial charge < -0.3 is 38.7 Å². The minimum atomic E-state index is -1.05. The average molecular weight is 699 g/mol. The Hall–Kier alpha value is -5.11. The number of hydrogen-bond acceptors (Lipinski definition) is 8. The lowest BCUT2D eigenvalue weighted by molar-refractivity contribution is -0.112. The number of benzene rings is 2. The van der Waals surface area contributed by atoms with E-state index < -0.39 is 29.0 Å². The number of rotatable bonds is 11. The Morgan fingerprint density at radius 2 is 1.96 bits per heavy atom. The Balaban J connectivity index is 1.23. The number of amides is 1. The molecule has 1 amide bonds. The highest BCUT2D eigenvalue weighted by Crippen LogP contribution is 2.47. The van der Waals surface area contributed by atoms with E-state index in [2.05, 4.69) is 20.1 Å². The molecule has 0 bridgehead atoms. The number of halogens is 2. The van der Waals surface area contributed by atoms with Crippen molar-refractivity contribution in [2.24, 2.45) is 0 Å². The van der Waals surface area contributed by atoms with Crippen molar-refractivity contribution < 1.29 is 32.6 Å². The average Bonchev–Trinajstić information content (AvgIpc) is 3.85. The number of aromatic nitrogens is 3. The maximum Gasteiger partial charge on any atom is 0.248 e. The third-order valence-electron chi connectivity index (χ3n) is 9.66. The molecule has 13 heteroatoms. The molecule has 5 heterocycles. The zero-order chi connectivity index (χ0) is 35.8. The number of hydrogen-bond donors (Lipinski definition) is 2. The maximum absolute atomic E-state index is 15.3. The SMILES string of the molecule is COCCn1c(C)nc2c3c(c(OC)cc21)-c1cccn2c(C(=O)c4cc(F)c(NC(=O)/C=C/CN[C@H]5CCOC5)c(F)c4)cc(c12)CCN3C. The van der Waals surface area contributed by atoms with Crippen LogP contribution < -0.4 is 20.3 Å². The van der Waals surface area contributed by atoms with Gasteiger partial charge >= 0.3 is 0 Å². The van der Waals surface area contributed by atoms with Crippen LogP contribution in [0.2, 0.25) is 0 Å². The number of anilines is 2. The Bertz CT molecular complexity index is 2160. The molecule has 1 fully saturated rings. The number of carbonyl (C=O) groups excluding carboxylic acids is 2. The van der Waals surface area contributed by atoms with Crippen molar-refractivity contribution >= 4 is 39.6 Å². The van der Waals surface area contributed by atoms with E-state index in [1.807, 2.05) is 32.2 Å². The standard InChI is InChI=1S/C38H40F2N6O5/c1-22-42-35-29(45(22)14-16-49-3)20-31(50-4)33-26-7-6-12-46-30(19-23(36(26)46)9-13-44(2)37(33)35)38(48)24-17-27(39)34(28(40)18-24)43-32(47)8-5-11-41-25-10-15-51-21-25/h5-8,12,17-20,25,41H,9-11,13-16,21H2,1-4H3,(H,43,47)/b8-5+/t25-/m0/s1. The van der Waals surface area contributed by atoms with Gasteiger partial charge in [-0.3, -0.25) is 9.59 Å². The molecular weight excluding hydrogens is 658 g/mol. The van der Waals surface area contributed by atoms with Crippen molar-refractivity contribution in [3.05, 3.63) is 89.0 Å². The van der Waals surface area contributed by atoms with Gasteiger partial charge in [0, 0.05) is 75.9 Å². The van der Waals surface area contributed by atoms with Crippen LogP contribution in [-0.2, 0) is 27.2 Å². The summed E-state index contributed by atoms with van der Waals surface area (Å²) >= 11 is 0. The maximum atomic E-state index is 15.3. The van der Waals surface area contributed by atoms with Crippen LogP contribution in [0.5, 0.6) is 5.75 Å². The summed E-state index contributed by atoms with van der Waals surface area (Å²) in [5.74, 6) is -1.85. The number of aryl methyl sites for hydroxylation is 1. The molecule has 1 saturated heterocycles. The molecule has 266 valence electrons. The smallest absolute Gasteiger partial charge is 0.248 e. The second-order valence-corrected chi connectivity index (χ2v) is 12.8. The van der Waals surface area contributed by atoms with Crippen LogP contribution in [0.4, 0.5) is 20.2 Å². The van der Waals surface area contributed by atoms with E-state index in [0.29, 0.717) is 51.6 Å². The van der Waals surface area contributed by atoms with E-state index in [0.717, 1.165) is 63.3 Å². The van der Waals surface area contributed by atoms with Crippen molar-refractivity contribution in [1.29, 1.82) is 0 Å². The molecule has 7 rings (SSSR count). The van der Waals surface area contributed by atoms with Crippen LogP contribution >= 0.6 is 0 Å². The number of nitrogens with zero attached hydrogens (tertiary/aromatic N) is 4. The fourth-order valence-electron chi connectivity index (χ4n) is 7.13. The van der Waals surface area contributed by atoms with Crippen molar-refractivity contribution in [2.75, 3.05) is 64.4 Å². The second kappa shape index (κ2) is 14.3. The number of nitrogens with one attached hydrogen (secondary N) is 2. The molecule has 0 radical (unpaired) electrons. The van der Waals surface area contributed by atoms with E-state index in [1.54, 1.807) is 37.0 Å². The highest BCUT2D eigenvalue weighted by Gasteiger charge is 2.29.